The minimum absolute atomic E-state index is 0.172. The Kier molecular flexibility index (Phi) is 3.72. The Morgan fingerprint density at radius 2 is 1.78 bits per heavy atom. The van der Waals surface area contributed by atoms with E-state index in [0.29, 0.717) is 16.9 Å². The molecule has 0 aromatic heterocycles. The molecule has 6 N–H and O–H groups in total. The Morgan fingerprint density at radius 3 is 2.39 bits per heavy atom. The Hall–Kier alpha value is -1.75. The third-order valence-corrected chi connectivity index (χ3v) is 3.29. The van der Waals surface area contributed by atoms with E-state index in [9.17, 15) is 9.90 Å². The van der Waals surface area contributed by atoms with Crippen LogP contribution in [0.5, 0.6) is 0 Å². The van der Waals surface area contributed by atoms with Crippen LogP contribution >= 0.6 is 0 Å². The highest BCUT2D eigenvalue weighted by atomic mass is 16.3. The molecular formula is C13H19N3O2. The zero-order valence-electron chi connectivity index (χ0n) is 10.2. The Morgan fingerprint density at radius 1 is 1.17 bits per heavy atom. The van der Waals surface area contributed by atoms with Crippen molar-refractivity contribution in [1.29, 1.82) is 0 Å². The number of carbonyl (C=O) groups excluding carboxylic acids is 1. The lowest BCUT2D eigenvalue weighted by molar-refractivity contribution is 0.0717. The molecule has 98 valence electrons. The van der Waals surface area contributed by atoms with E-state index < -0.39 is 6.10 Å². The van der Waals surface area contributed by atoms with Crippen molar-refractivity contribution in [3.63, 3.8) is 0 Å². The van der Waals surface area contributed by atoms with E-state index in [0.717, 1.165) is 25.7 Å². The Balaban J connectivity index is 2.06. The molecule has 1 aliphatic rings. The minimum atomic E-state index is -0.457. The average molecular weight is 249 g/mol. The van der Waals surface area contributed by atoms with Gasteiger partial charge in [0.1, 0.15) is 0 Å². The number of nitrogen functional groups attached to an aromatic ring is 2. The summed E-state index contributed by atoms with van der Waals surface area (Å²) in [6, 6.07) is 4.60. The maximum atomic E-state index is 12.0. The van der Waals surface area contributed by atoms with Gasteiger partial charge >= 0.3 is 0 Å². The molecule has 0 radical (unpaired) electrons. The summed E-state index contributed by atoms with van der Waals surface area (Å²) in [7, 11) is 0. The molecule has 1 fully saturated rings. The summed E-state index contributed by atoms with van der Waals surface area (Å²) in [5.74, 6) is -0.236. The van der Waals surface area contributed by atoms with Crippen LogP contribution in [0, 0.1) is 0 Å². The van der Waals surface area contributed by atoms with E-state index in [4.69, 9.17) is 11.5 Å². The van der Waals surface area contributed by atoms with Crippen molar-refractivity contribution in [3.8, 4) is 0 Å². The number of carbonyl (C=O) groups is 1. The summed E-state index contributed by atoms with van der Waals surface area (Å²) < 4.78 is 0. The number of benzene rings is 1. The number of hydrogen-bond acceptors (Lipinski definition) is 4. The molecule has 0 aliphatic heterocycles. The van der Waals surface area contributed by atoms with Crippen molar-refractivity contribution < 1.29 is 9.90 Å². The van der Waals surface area contributed by atoms with Crippen LogP contribution in [-0.4, -0.2) is 23.2 Å². The highest BCUT2D eigenvalue weighted by Gasteiger charge is 2.24. The van der Waals surface area contributed by atoms with Crippen LogP contribution in [0.4, 0.5) is 11.4 Å². The smallest absolute Gasteiger partial charge is 0.251 e. The van der Waals surface area contributed by atoms with Crippen molar-refractivity contribution in [2.45, 2.75) is 37.8 Å². The number of aliphatic hydroxyl groups excluding tert-OH is 1. The fourth-order valence-electron chi connectivity index (χ4n) is 2.34. The second-order valence-corrected chi connectivity index (χ2v) is 4.82. The van der Waals surface area contributed by atoms with Crippen LogP contribution in [0.25, 0.3) is 0 Å². The van der Waals surface area contributed by atoms with Gasteiger partial charge < -0.3 is 21.9 Å². The normalized spacial score (nSPS) is 23.6. The number of aliphatic hydroxyl groups is 1. The van der Waals surface area contributed by atoms with Crippen molar-refractivity contribution in [2.24, 2.45) is 0 Å². The first-order valence-electron chi connectivity index (χ1n) is 6.21. The molecule has 1 aliphatic carbocycles. The maximum Gasteiger partial charge on any atom is 0.251 e. The zero-order chi connectivity index (χ0) is 13.1. The van der Waals surface area contributed by atoms with E-state index in [1.807, 2.05) is 0 Å². The molecule has 18 heavy (non-hydrogen) atoms. The van der Waals surface area contributed by atoms with Crippen LogP contribution in [0.1, 0.15) is 36.0 Å². The van der Waals surface area contributed by atoms with Crippen molar-refractivity contribution in [3.05, 3.63) is 23.8 Å². The third kappa shape index (κ3) is 2.92. The fourth-order valence-corrected chi connectivity index (χ4v) is 2.34. The Labute approximate surface area is 106 Å². The van der Waals surface area contributed by atoms with Gasteiger partial charge in [-0.05, 0) is 31.0 Å². The number of rotatable bonds is 2. The molecule has 0 unspecified atom stereocenters. The second kappa shape index (κ2) is 5.27. The van der Waals surface area contributed by atoms with Crippen LogP contribution in [0.3, 0.4) is 0 Å². The summed E-state index contributed by atoms with van der Waals surface area (Å²) in [6.07, 6.45) is 3.13. The van der Waals surface area contributed by atoms with E-state index in [2.05, 4.69) is 5.32 Å². The molecule has 2 rings (SSSR count). The highest BCUT2D eigenvalue weighted by Crippen LogP contribution is 2.19. The van der Waals surface area contributed by atoms with Gasteiger partial charge in [0.15, 0.2) is 0 Å². The van der Waals surface area contributed by atoms with E-state index in [-0.39, 0.29) is 11.9 Å². The lowest BCUT2D eigenvalue weighted by atomic mass is 9.92. The number of anilines is 2. The van der Waals surface area contributed by atoms with Gasteiger partial charge in [-0.15, -0.1) is 0 Å². The van der Waals surface area contributed by atoms with Crippen molar-refractivity contribution in [1.82, 2.24) is 5.32 Å². The first kappa shape index (κ1) is 12.7. The highest BCUT2D eigenvalue weighted by molar-refractivity contribution is 5.96. The lowest BCUT2D eigenvalue weighted by Crippen LogP contribution is -2.45. The largest absolute Gasteiger partial charge is 0.399 e. The molecule has 1 amide bonds. The van der Waals surface area contributed by atoms with Gasteiger partial charge in [-0.1, -0.05) is 12.8 Å². The zero-order valence-corrected chi connectivity index (χ0v) is 10.2. The maximum absolute atomic E-state index is 12.0. The SMILES string of the molecule is Nc1cc(N)cc(C(=O)N[C@@H]2CCCC[C@H]2O)c1. The number of nitrogens with one attached hydrogen (secondary N) is 1. The molecule has 2 atom stereocenters. The van der Waals surface area contributed by atoms with Crippen LogP contribution in [0.2, 0.25) is 0 Å². The van der Waals surface area contributed by atoms with Crippen LogP contribution < -0.4 is 16.8 Å². The van der Waals surface area contributed by atoms with Gasteiger partial charge in [0.2, 0.25) is 0 Å². The van der Waals surface area contributed by atoms with Crippen LogP contribution in [-0.2, 0) is 0 Å². The predicted octanol–water partition coefficient (Wildman–Crippen LogP) is 0.884. The molecule has 1 saturated carbocycles. The molecule has 0 heterocycles. The van der Waals surface area contributed by atoms with Crippen LogP contribution in [0.15, 0.2) is 18.2 Å². The van der Waals surface area contributed by atoms with Gasteiger partial charge in [-0.25, -0.2) is 0 Å². The molecule has 5 heteroatoms. The van der Waals surface area contributed by atoms with Gasteiger partial charge in [0, 0.05) is 16.9 Å². The van der Waals surface area contributed by atoms with E-state index in [1.165, 1.54) is 0 Å². The van der Waals surface area contributed by atoms with Gasteiger partial charge in [-0.3, -0.25) is 4.79 Å². The summed E-state index contributed by atoms with van der Waals surface area (Å²) in [5.41, 5.74) is 12.7. The van der Waals surface area contributed by atoms with Gasteiger partial charge in [0.05, 0.1) is 12.1 Å². The fraction of sp³-hybridized carbons (Fsp3) is 0.462. The van der Waals surface area contributed by atoms with Crippen molar-refractivity contribution in [2.75, 3.05) is 11.5 Å². The van der Waals surface area contributed by atoms with Crippen molar-refractivity contribution >= 4 is 17.3 Å². The van der Waals surface area contributed by atoms with Gasteiger partial charge in [-0.2, -0.15) is 0 Å². The summed E-state index contributed by atoms with van der Waals surface area (Å²) in [5, 5.41) is 12.6. The molecule has 1 aromatic carbocycles. The standard InChI is InChI=1S/C13H19N3O2/c14-9-5-8(6-10(15)7-9)13(18)16-11-3-1-2-4-12(11)17/h5-7,11-12,17H,1-4,14-15H2,(H,16,18)/t11-,12-/m1/s1. The molecule has 1 aromatic rings. The third-order valence-electron chi connectivity index (χ3n) is 3.29. The molecule has 0 spiro atoms. The predicted molar refractivity (Wildman–Crippen MR) is 71.0 cm³/mol. The molecule has 5 nitrogen and oxygen atoms in total. The topological polar surface area (TPSA) is 101 Å². The van der Waals surface area contributed by atoms with E-state index >= 15 is 0 Å². The molecule has 0 saturated heterocycles. The minimum Gasteiger partial charge on any atom is -0.399 e. The number of nitrogens with two attached hydrogens (primary N) is 2. The number of hydrogen-bond donors (Lipinski definition) is 4. The first-order valence-corrected chi connectivity index (χ1v) is 6.21. The Bertz CT molecular complexity index is 428. The monoisotopic (exact) mass is 249 g/mol. The number of amides is 1. The van der Waals surface area contributed by atoms with Gasteiger partial charge in [0.25, 0.3) is 5.91 Å². The lowest BCUT2D eigenvalue weighted by Gasteiger charge is -2.28. The molecule has 0 bridgehead atoms. The van der Waals surface area contributed by atoms with E-state index in [1.54, 1.807) is 18.2 Å². The average Bonchev–Trinajstić information content (AvgIpc) is 2.31. The molecular weight excluding hydrogens is 230 g/mol. The summed E-state index contributed by atoms with van der Waals surface area (Å²) in [4.78, 5) is 12.0. The quantitative estimate of drug-likeness (QED) is 0.584. The summed E-state index contributed by atoms with van der Waals surface area (Å²) >= 11 is 0. The summed E-state index contributed by atoms with van der Waals surface area (Å²) in [6.45, 7) is 0. The first-order chi connectivity index (χ1) is 8.56. The second-order valence-electron chi connectivity index (χ2n) is 4.82.